The molecule has 37 heavy (non-hydrogen) atoms. The molecule has 1 fully saturated rings. The lowest BCUT2D eigenvalue weighted by Crippen LogP contribution is -2.45. The molecule has 2 aliphatic heterocycles. The predicted octanol–water partition coefficient (Wildman–Crippen LogP) is 2.60. The van der Waals surface area contributed by atoms with Gasteiger partial charge in [-0.15, -0.1) is 0 Å². The summed E-state index contributed by atoms with van der Waals surface area (Å²) in [5.41, 5.74) is 6.88. The van der Waals surface area contributed by atoms with Crippen molar-refractivity contribution in [3.05, 3.63) is 64.5 Å². The Morgan fingerprint density at radius 1 is 1.11 bits per heavy atom. The van der Waals surface area contributed by atoms with E-state index in [4.69, 9.17) is 10.5 Å². The third kappa shape index (κ3) is 4.46. The number of anilines is 1. The second kappa shape index (κ2) is 8.95. The van der Waals surface area contributed by atoms with Crippen molar-refractivity contribution < 1.29 is 28.3 Å². The number of imide groups is 1. The van der Waals surface area contributed by atoms with Crippen LogP contribution in [0.3, 0.4) is 0 Å². The van der Waals surface area contributed by atoms with Gasteiger partial charge < -0.3 is 20.7 Å². The Morgan fingerprint density at radius 3 is 2.65 bits per heavy atom. The number of ether oxygens (including phenoxy) is 1. The topological polar surface area (TPSA) is 122 Å². The Bertz CT molecular complexity index is 1320. The van der Waals surface area contributed by atoms with Crippen molar-refractivity contribution in [3.63, 3.8) is 0 Å². The van der Waals surface area contributed by atoms with Crippen LogP contribution in [0.15, 0.2) is 36.4 Å². The van der Waals surface area contributed by atoms with Crippen molar-refractivity contribution in [1.82, 2.24) is 9.80 Å². The number of fused-ring (bicyclic) bond motifs is 3. The summed E-state index contributed by atoms with van der Waals surface area (Å²) < 4.78 is 19.3. The summed E-state index contributed by atoms with van der Waals surface area (Å²) in [5.74, 6) is -1.61. The van der Waals surface area contributed by atoms with Gasteiger partial charge in [0.15, 0.2) is 0 Å². The summed E-state index contributed by atoms with van der Waals surface area (Å²) in [6.07, 6.45) is 1.15. The van der Waals surface area contributed by atoms with Gasteiger partial charge in [0.05, 0.1) is 5.54 Å². The van der Waals surface area contributed by atoms with E-state index in [2.05, 4.69) is 5.32 Å². The van der Waals surface area contributed by atoms with Crippen LogP contribution >= 0.6 is 0 Å². The fraction of sp³-hybridized carbons (Fsp3) is 0.407. The molecule has 3 aliphatic rings. The van der Waals surface area contributed by atoms with Crippen molar-refractivity contribution in [1.29, 1.82) is 0 Å². The fourth-order valence-electron chi connectivity index (χ4n) is 5.20. The molecule has 9 nitrogen and oxygen atoms in total. The van der Waals surface area contributed by atoms with E-state index in [-0.39, 0.29) is 30.6 Å². The summed E-state index contributed by atoms with van der Waals surface area (Å²) >= 11 is 0. The van der Waals surface area contributed by atoms with Gasteiger partial charge >= 0.3 is 6.09 Å². The number of carbonyl (C=O) groups is 4. The van der Waals surface area contributed by atoms with E-state index in [9.17, 15) is 23.6 Å². The minimum atomic E-state index is -1.48. The van der Waals surface area contributed by atoms with Gasteiger partial charge in [-0.1, -0.05) is 12.1 Å². The van der Waals surface area contributed by atoms with Crippen LogP contribution in [0.5, 0.6) is 0 Å². The number of nitrogens with two attached hydrogens (primary N) is 1. The van der Waals surface area contributed by atoms with Crippen LogP contribution in [-0.4, -0.2) is 52.2 Å². The molecule has 194 valence electrons. The largest absolute Gasteiger partial charge is 0.427 e. The van der Waals surface area contributed by atoms with E-state index in [1.165, 1.54) is 12.1 Å². The van der Waals surface area contributed by atoms with Crippen LogP contribution < -0.4 is 11.1 Å². The third-order valence-electron chi connectivity index (χ3n) is 7.25. The predicted molar refractivity (Wildman–Crippen MR) is 132 cm³/mol. The molecule has 1 spiro atoms. The highest BCUT2D eigenvalue weighted by atomic mass is 19.1. The highest BCUT2D eigenvalue weighted by Gasteiger charge is 2.58. The Hall–Kier alpha value is -3.79. The third-order valence-corrected chi connectivity index (χ3v) is 7.25. The molecule has 2 heterocycles. The normalized spacial score (nSPS) is 21.0. The van der Waals surface area contributed by atoms with E-state index >= 15 is 0 Å². The van der Waals surface area contributed by atoms with Crippen molar-refractivity contribution >= 4 is 29.5 Å². The molecule has 0 bridgehead atoms. The first-order valence-electron chi connectivity index (χ1n) is 12.3. The molecule has 2 aromatic rings. The van der Waals surface area contributed by atoms with E-state index in [0.717, 1.165) is 21.6 Å². The molecule has 0 saturated carbocycles. The summed E-state index contributed by atoms with van der Waals surface area (Å²) in [5, 5.41) is 2.76. The number of amides is 4. The quantitative estimate of drug-likeness (QED) is 0.655. The Kier molecular flexibility index (Phi) is 6.02. The zero-order chi connectivity index (χ0) is 26.5. The average Bonchev–Trinajstić information content (AvgIpc) is 3.20. The van der Waals surface area contributed by atoms with Gasteiger partial charge in [0, 0.05) is 30.8 Å². The first-order valence-corrected chi connectivity index (χ1v) is 12.3. The minimum Gasteiger partial charge on any atom is -0.427 e. The lowest BCUT2D eigenvalue weighted by molar-refractivity contribution is -0.142. The molecule has 0 radical (unpaired) electrons. The van der Waals surface area contributed by atoms with Crippen LogP contribution in [0.4, 0.5) is 14.9 Å². The molecular formula is C27H29FN4O5. The molecule has 4 amide bonds. The van der Waals surface area contributed by atoms with E-state index in [0.29, 0.717) is 37.1 Å². The van der Waals surface area contributed by atoms with Crippen LogP contribution in [0.1, 0.15) is 48.9 Å². The van der Waals surface area contributed by atoms with Crippen LogP contribution in [0, 0.1) is 5.82 Å². The maximum atomic E-state index is 13.6. The standard InChI is InChI=1S/C27H29FN4O5/c1-26(2,29)23(34)30-20-7-8-21-17(13-20)9-10-27(21)24(35)32(25(36)37-27)15-22(33)31-11-3-4-16-12-19(28)6-5-18(16)14-31/h5-8,12-13H,3-4,9-11,14-15,29H2,1-2H3,(H,30,34). The number of nitrogens with one attached hydrogen (secondary N) is 1. The fourth-order valence-corrected chi connectivity index (χ4v) is 5.20. The van der Waals surface area contributed by atoms with E-state index in [1.54, 1.807) is 43.0 Å². The minimum absolute atomic E-state index is 0.250. The summed E-state index contributed by atoms with van der Waals surface area (Å²) in [7, 11) is 0. The molecule has 10 heteroatoms. The van der Waals surface area contributed by atoms with Gasteiger partial charge in [0.2, 0.25) is 17.4 Å². The number of halogens is 1. The number of hydrogen-bond acceptors (Lipinski definition) is 6. The Balaban J connectivity index is 1.32. The Labute approximate surface area is 213 Å². The number of aryl methyl sites for hydroxylation is 2. The van der Waals surface area contributed by atoms with Gasteiger partial charge in [0.25, 0.3) is 5.91 Å². The first-order chi connectivity index (χ1) is 17.5. The molecule has 2 aromatic carbocycles. The van der Waals surface area contributed by atoms with E-state index in [1.807, 2.05) is 0 Å². The van der Waals surface area contributed by atoms with Crippen molar-refractivity contribution in [2.75, 3.05) is 18.4 Å². The average molecular weight is 509 g/mol. The van der Waals surface area contributed by atoms with Gasteiger partial charge in [0.1, 0.15) is 12.4 Å². The number of nitrogens with zero attached hydrogens (tertiary/aromatic N) is 2. The monoisotopic (exact) mass is 508 g/mol. The van der Waals surface area contributed by atoms with Gasteiger partial charge in [-0.2, -0.15) is 0 Å². The zero-order valence-corrected chi connectivity index (χ0v) is 20.8. The number of hydrogen-bond donors (Lipinski definition) is 2. The van der Waals surface area contributed by atoms with Crippen LogP contribution in [0.2, 0.25) is 0 Å². The molecule has 5 rings (SSSR count). The summed E-state index contributed by atoms with van der Waals surface area (Å²) in [4.78, 5) is 54.2. The van der Waals surface area contributed by atoms with Crippen molar-refractivity contribution in [2.24, 2.45) is 5.73 Å². The molecular weight excluding hydrogens is 479 g/mol. The number of carbonyl (C=O) groups excluding carboxylic acids is 4. The summed E-state index contributed by atoms with van der Waals surface area (Å²) in [6, 6.07) is 9.58. The van der Waals surface area contributed by atoms with Crippen molar-refractivity contribution in [3.8, 4) is 0 Å². The second-order valence-electron chi connectivity index (χ2n) is 10.5. The molecule has 1 atom stereocenters. The zero-order valence-electron chi connectivity index (χ0n) is 20.8. The smallest absolute Gasteiger partial charge is 0.418 e. The highest BCUT2D eigenvalue weighted by molar-refractivity contribution is 6.06. The Morgan fingerprint density at radius 2 is 1.89 bits per heavy atom. The SMILES string of the molecule is CC(C)(N)C(=O)Nc1ccc2c(c1)CCC21OC(=O)N(CC(=O)N2CCCc3cc(F)ccc3C2)C1=O. The van der Waals surface area contributed by atoms with E-state index < -0.39 is 29.7 Å². The maximum Gasteiger partial charge on any atom is 0.418 e. The highest BCUT2D eigenvalue weighted by Crippen LogP contribution is 2.46. The molecule has 1 unspecified atom stereocenters. The van der Waals surface area contributed by atoms with Crippen molar-refractivity contribution in [2.45, 2.75) is 57.2 Å². The molecule has 1 aliphatic carbocycles. The summed E-state index contributed by atoms with van der Waals surface area (Å²) in [6.45, 7) is 3.50. The molecule has 0 aromatic heterocycles. The molecule has 3 N–H and O–H groups in total. The second-order valence-corrected chi connectivity index (χ2v) is 10.5. The number of rotatable bonds is 4. The number of benzene rings is 2. The van der Waals surface area contributed by atoms with Gasteiger partial charge in [-0.05, 0) is 74.1 Å². The first kappa shape index (κ1) is 24.9. The van der Waals surface area contributed by atoms with Crippen LogP contribution in [0.25, 0.3) is 0 Å². The van der Waals surface area contributed by atoms with Crippen LogP contribution in [-0.2, 0) is 44.1 Å². The van der Waals surface area contributed by atoms with Gasteiger partial charge in [-0.25, -0.2) is 14.1 Å². The lowest BCUT2D eigenvalue weighted by Gasteiger charge is -2.24. The molecule has 1 saturated heterocycles. The van der Waals surface area contributed by atoms with Gasteiger partial charge in [-0.3, -0.25) is 14.4 Å². The maximum absolute atomic E-state index is 13.6. The lowest BCUT2D eigenvalue weighted by atomic mass is 9.94.